The van der Waals surface area contributed by atoms with Crippen LogP contribution in [0.4, 0.5) is 0 Å². The summed E-state index contributed by atoms with van der Waals surface area (Å²) >= 11 is 0. The maximum Gasteiger partial charge on any atom is -0.0383 e. The van der Waals surface area contributed by atoms with E-state index in [-0.39, 0.29) is 0 Å². The Morgan fingerprint density at radius 3 is 1.06 bits per heavy atom. The molecule has 0 aromatic heterocycles. The number of rotatable bonds is 6. The summed E-state index contributed by atoms with van der Waals surface area (Å²) in [6.07, 6.45) is 12.3. The molecule has 0 saturated carbocycles. The Morgan fingerprint density at radius 1 is 0.556 bits per heavy atom. The SMILES string of the molecule is CCC.CCCCC(C)(C)C.CCCCCCC. The summed E-state index contributed by atoms with van der Waals surface area (Å²) in [6.45, 7) is 17.9. The quantitative estimate of drug-likeness (QED) is 0.430. The molecule has 0 amide bonds. The van der Waals surface area contributed by atoms with Gasteiger partial charge >= 0.3 is 0 Å². The predicted octanol–water partition coefficient (Wildman–Crippen LogP) is 7.62. The molecule has 0 nitrogen and oxygen atoms in total. The topological polar surface area (TPSA) is 0 Å². The van der Waals surface area contributed by atoms with Crippen molar-refractivity contribution in [2.75, 3.05) is 0 Å². The molecule has 0 unspecified atom stereocenters. The molecule has 0 radical (unpaired) electrons. The molecule has 0 aromatic rings. The third kappa shape index (κ3) is 44.4. The molecule has 0 aliphatic carbocycles. The molecule has 0 atom stereocenters. The molecule has 0 fully saturated rings. The van der Waals surface area contributed by atoms with Crippen LogP contribution in [-0.4, -0.2) is 0 Å². The van der Waals surface area contributed by atoms with Gasteiger partial charge in [0.15, 0.2) is 0 Å². The van der Waals surface area contributed by atoms with Crippen LogP contribution in [0.15, 0.2) is 0 Å². The van der Waals surface area contributed by atoms with Gasteiger partial charge in [0, 0.05) is 0 Å². The van der Waals surface area contributed by atoms with E-state index in [4.69, 9.17) is 0 Å². The van der Waals surface area contributed by atoms with Gasteiger partial charge in [0.25, 0.3) is 0 Å². The molecule has 0 heteroatoms. The molecular formula is C18H42. The Balaban J connectivity index is -0.000000207. The number of hydrogen-bond acceptors (Lipinski definition) is 0. The normalized spacial score (nSPS) is 10.0. The number of hydrogen-bond donors (Lipinski definition) is 0. The van der Waals surface area contributed by atoms with Crippen LogP contribution in [0.1, 0.15) is 113 Å². The van der Waals surface area contributed by atoms with Crippen molar-refractivity contribution in [1.29, 1.82) is 0 Å². The maximum atomic E-state index is 2.29. The van der Waals surface area contributed by atoms with Gasteiger partial charge in [0.05, 0.1) is 0 Å². The van der Waals surface area contributed by atoms with E-state index in [1.54, 1.807) is 0 Å². The summed E-state index contributed by atoms with van der Waals surface area (Å²) in [5.41, 5.74) is 0.552. The van der Waals surface area contributed by atoms with Crippen LogP contribution in [0.5, 0.6) is 0 Å². The molecule has 114 valence electrons. The van der Waals surface area contributed by atoms with Crippen LogP contribution in [0.25, 0.3) is 0 Å². The predicted molar refractivity (Wildman–Crippen MR) is 89.4 cm³/mol. The molecular weight excluding hydrogens is 216 g/mol. The molecule has 0 spiro atoms. The largest absolute Gasteiger partial charge is 0.0656 e. The van der Waals surface area contributed by atoms with E-state index in [0.29, 0.717) is 5.41 Å². The summed E-state index contributed by atoms with van der Waals surface area (Å²) in [5.74, 6) is 0. The van der Waals surface area contributed by atoms with Crippen molar-refractivity contribution in [1.82, 2.24) is 0 Å². The van der Waals surface area contributed by atoms with Gasteiger partial charge in [0.2, 0.25) is 0 Å². The van der Waals surface area contributed by atoms with Crippen molar-refractivity contribution in [3.63, 3.8) is 0 Å². The highest BCUT2D eigenvalue weighted by Gasteiger charge is 2.07. The first kappa shape index (κ1) is 23.1. The van der Waals surface area contributed by atoms with E-state index >= 15 is 0 Å². The van der Waals surface area contributed by atoms with Crippen molar-refractivity contribution < 1.29 is 0 Å². The fraction of sp³-hybridized carbons (Fsp3) is 1.00. The average Bonchev–Trinajstić information content (AvgIpc) is 2.28. The minimum absolute atomic E-state index is 0.552. The van der Waals surface area contributed by atoms with E-state index < -0.39 is 0 Å². The van der Waals surface area contributed by atoms with E-state index in [2.05, 4.69) is 55.4 Å². The van der Waals surface area contributed by atoms with Crippen LogP contribution in [0.2, 0.25) is 0 Å². The van der Waals surface area contributed by atoms with E-state index in [1.807, 2.05) is 0 Å². The van der Waals surface area contributed by atoms with Crippen LogP contribution in [-0.2, 0) is 0 Å². The fourth-order valence-corrected chi connectivity index (χ4v) is 1.38. The monoisotopic (exact) mass is 258 g/mol. The van der Waals surface area contributed by atoms with E-state index in [1.165, 1.54) is 57.8 Å². The third-order valence-corrected chi connectivity index (χ3v) is 2.49. The van der Waals surface area contributed by atoms with E-state index in [9.17, 15) is 0 Å². The molecule has 0 aliphatic rings. The van der Waals surface area contributed by atoms with Crippen LogP contribution in [0.3, 0.4) is 0 Å². The molecule has 0 rings (SSSR count). The average molecular weight is 259 g/mol. The first-order valence-electron chi connectivity index (χ1n) is 8.39. The van der Waals surface area contributed by atoms with Crippen LogP contribution < -0.4 is 0 Å². The lowest BCUT2D eigenvalue weighted by Gasteiger charge is -2.16. The molecule has 0 saturated heterocycles. The zero-order valence-electron chi connectivity index (χ0n) is 14.9. The van der Waals surface area contributed by atoms with Gasteiger partial charge in [-0.1, -0.05) is 107 Å². The first-order valence-corrected chi connectivity index (χ1v) is 8.39. The van der Waals surface area contributed by atoms with Gasteiger partial charge in [0.1, 0.15) is 0 Å². The highest BCUT2D eigenvalue weighted by molar-refractivity contribution is 4.59. The second kappa shape index (κ2) is 19.3. The van der Waals surface area contributed by atoms with Gasteiger partial charge in [-0.15, -0.1) is 0 Å². The Hall–Kier alpha value is 0. The van der Waals surface area contributed by atoms with E-state index in [0.717, 1.165) is 0 Å². The third-order valence-electron chi connectivity index (χ3n) is 2.49. The summed E-state index contributed by atoms with van der Waals surface area (Å²) < 4.78 is 0. The second-order valence-corrected chi connectivity index (χ2v) is 6.43. The standard InChI is InChI=1S/C8H18.C7H16.C3H8/c1-5-6-7-8(2,3)4;1-3-5-7-6-4-2;1-3-2/h5-7H2,1-4H3;3-7H2,1-2H3;3H2,1-2H3. The minimum atomic E-state index is 0.552. The summed E-state index contributed by atoms with van der Waals surface area (Å²) in [5, 5.41) is 0. The number of unbranched alkanes of at least 4 members (excludes halogenated alkanes) is 5. The van der Waals surface area contributed by atoms with Gasteiger partial charge in [-0.2, -0.15) is 0 Å². The summed E-state index contributed by atoms with van der Waals surface area (Å²) in [7, 11) is 0. The lowest BCUT2D eigenvalue weighted by Crippen LogP contribution is -2.03. The Bertz CT molecular complexity index is 104. The Labute approximate surface area is 119 Å². The van der Waals surface area contributed by atoms with Gasteiger partial charge in [-0.3, -0.25) is 0 Å². The molecule has 0 aromatic carbocycles. The molecule has 0 N–H and O–H groups in total. The maximum absolute atomic E-state index is 2.29. The van der Waals surface area contributed by atoms with Crippen molar-refractivity contribution in [2.24, 2.45) is 5.41 Å². The minimum Gasteiger partial charge on any atom is -0.0656 e. The highest BCUT2D eigenvalue weighted by atomic mass is 14.1. The van der Waals surface area contributed by atoms with Crippen molar-refractivity contribution in [2.45, 2.75) is 113 Å². The van der Waals surface area contributed by atoms with Gasteiger partial charge < -0.3 is 0 Å². The fourth-order valence-electron chi connectivity index (χ4n) is 1.38. The zero-order valence-corrected chi connectivity index (χ0v) is 14.9. The molecule has 0 bridgehead atoms. The summed E-state index contributed by atoms with van der Waals surface area (Å²) in [4.78, 5) is 0. The van der Waals surface area contributed by atoms with Crippen LogP contribution >= 0.6 is 0 Å². The first-order chi connectivity index (χ1) is 8.39. The lowest BCUT2D eigenvalue weighted by molar-refractivity contribution is 0.363. The lowest BCUT2D eigenvalue weighted by atomic mass is 9.90. The molecule has 0 aliphatic heterocycles. The van der Waals surface area contributed by atoms with Crippen molar-refractivity contribution in [3.05, 3.63) is 0 Å². The second-order valence-electron chi connectivity index (χ2n) is 6.43. The van der Waals surface area contributed by atoms with Crippen molar-refractivity contribution in [3.8, 4) is 0 Å². The smallest absolute Gasteiger partial charge is 0.0383 e. The Kier molecular flexibility index (Phi) is 24.8. The van der Waals surface area contributed by atoms with Crippen molar-refractivity contribution >= 4 is 0 Å². The van der Waals surface area contributed by atoms with Crippen LogP contribution in [0, 0.1) is 5.41 Å². The molecule has 18 heavy (non-hydrogen) atoms. The summed E-state index contributed by atoms with van der Waals surface area (Å²) in [6, 6.07) is 0. The molecule has 0 heterocycles. The Morgan fingerprint density at radius 2 is 0.889 bits per heavy atom. The zero-order chi connectivity index (χ0) is 14.9. The van der Waals surface area contributed by atoms with Gasteiger partial charge in [-0.05, 0) is 11.8 Å². The van der Waals surface area contributed by atoms with Gasteiger partial charge in [-0.25, -0.2) is 0 Å². The highest BCUT2D eigenvalue weighted by Crippen LogP contribution is 2.20.